The van der Waals surface area contributed by atoms with Gasteiger partial charge in [0, 0.05) is 18.8 Å². The Bertz CT molecular complexity index is 467. The zero-order valence-electron chi connectivity index (χ0n) is 11.0. The van der Waals surface area contributed by atoms with Gasteiger partial charge in [0.15, 0.2) is 0 Å². The Balaban J connectivity index is 1.74. The minimum atomic E-state index is -0.192. The molecule has 1 aromatic carbocycles. The van der Waals surface area contributed by atoms with Crippen LogP contribution in [0.15, 0.2) is 24.3 Å². The highest BCUT2D eigenvalue weighted by Crippen LogP contribution is 2.25. The van der Waals surface area contributed by atoms with E-state index in [9.17, 15) is 9.90 Å². The zero-order valence-corrected chi connectivity index (χ0v) is 11.0. The maximum Gasteiger partial charge on any atom is 0.241 e. The lowest BCUT2D eigenvalue weighted by molar-refractivity contribution is -0.122. The van der Waals surface area contributed by atoms with E-state index in [-0.39, 0.29) is 18.1 Å². The van der Waals surface area contributed by atoms with Gasteiger partial charge in [0.1, 0.15) is 0 Å². The lowest BCUT2D eigenvalue weighted by atomic mass is 10.0. The Hall–Kier alpha value is -1.39. The van der Waals surface area contributed by atoms with Gasteiger partial charge in [-0.05, 0) is 37.3 Å². The van der Waals surface area contributed by atoms with E-state index in [0.717, 1.165) is 44.5 Å². The first kappa shape index (κ1) is 12.6. The summed E-state index contributed by atoms with van der Waals surface area (Å²) in [7, 11) is 0. The van der Waals surface area contributed by atoms with Gasteiger partial charge in [-0.25, -0.2) is 0 Å². The molecule has 1 fully saturated rings. The molecule has 2 N–H and O–H groups in total. The number of benzene rings is 1. The molecule has 1 aromatic rings. The topological polar surface area (TPSA) is 52.6 Å². The number of carbonyl (C=O) groups is 1. The number of carbonyl (C=O) groups excluding carboxylic acids is 1. The smallest absolute Gasteiger partial charge is 0.241 e. The van der Waals surface area contributed by atoms with Crippen LogP contribution in [-0.4, -0.2) is 41.1 Å². The van der Waals surface area contributed by atoms with Gasteiger partial charge in [0.2, 0.25) is 5.91 Å². The second-order valence-electron chi connectivity index (χ2n) is 5.47. The van der Waals surface area contributed by atoms with Crippen LogP contribution >= 0.6 is 0 Å². The van der Waals surface area contributed by atoms with Crippen molar-refractivity contribution in [1.29, 1.82) is 0 Å². The van der Waals surface area contributed by atoms with E-state index < -0.39 is 0 Å². The van der Waals surface area contributed by atoms with Crippen LogP contribution in [0.1, 0.15) is 24.8 Å². The normalized spacial score (nSPS) is 25.5. The second kappa shape index (κ2) is 5.31. The quantitative estimate of drug-likeness (QED) is 0.802. The number of nitrogens with one attached hydrogen (secondary N) is 1. The molecule has 3 rings (SSSR count). The molecule has 4 nitrogen and oxygen atoms in total. The van der Waals surface area contributed by atoms with Crippen molar-refractivity contribution in [3.8, 4) is 0 Å². The molecule has 0 saturated carbocycles. The average molecular weight is 260 g/mol. The fourth-order valence-corrected chi connectivity index (χ4v) is 3.05. The Kier molecular flexibility index (Phi) is 3.53. The molecule has 0 unspecified atom stereocenters. The number of fused-ring (bicyclic) bond motifs is 1. The monoisotopic (exact) mass is 260 g/mol. The third kappa shape index (κ3) is 2.65. The summed E-state index contributed by atoms with van der Waals surface area (Å²) < 4.78 is 0. The molecule has 1 atom stereocenters. The molecular formula is C15H20N2O2. The predicted molar refractivity (Wildman–Crippen MR) is 74.0 cm³/mol. The summed E-state index contributed by atoms with van der Waals surface area (Å²) in [6, 6.07) is 7.96. The van der Waals surface area contributed by atoms with Crippen LogP contribution in [0.2, 0.25) is 0 Å². The Labute approximate surface area is 113 Å². The maximum atomic E-state index is 12.3. The Morgan fingerprint density at radius 2 is 1.89 bits per heavy atom. The van der Waals surface area contributed by atoms with Gasteiger partial charge in [0.05, 0.1) is 12.1 Å². The van der Waals surface area contributed by atoms with Crippen LogP contribution in [-0.2, 0) is 11.2 Å². The summed E-state index contributed by atoms with van der Waals surface area (Å²) >= 11 is 0. The van der Waals surface area contributed by atoms with Gasteiger partial charge in [-0.2, -0.15) is 0 Å². The molecule has 19 heavy (non-hydrogen) atoms. The maximum absolute atomic E-state index is 12.3. The molecule has 0 aliphatic carbocycles. The van der Waals surface area contributed by atoms with E-state index in [1.54, 1.807) is 0 Å². The molecule has 2 aliphatic rings. The summed E-state index contributed by atoms with van der Waals surface area (Å²) in [5, 5.41) is 12.6. The number of piperidine rings is 1. The SMILES string of the molecule is O=C1Nc2ccccc2CC[C@H]1N1CCC(O)CC1. The van der Waals surface area contributed by atoms with Crippen LogP contribution in [0.4, 0.5) is 5.69 Å². The summed E-state index contributed by atoms with van der Waals surface area (Å²) in [5.41, 5.74) is 2.17. The van der Waals surface area contributed by atoms with Crippen LogP contribution < -0.4 is 5.32 Å². The molecule has 102 valence electrons. The molecule has 2 aliphatic heterocycles. The molecule has 1 saturated heterocycles. The molecular weight excluding hydrogens is 240 g/mol. The number of aliphatic hydroxyl groups excluding tert-OH is 1. The van der Waals surface area contributed by atoms with Gasteiger partial charge >= 0.3 is 0 Å². The Morgan fingerprint density at radius 1 is 1.16 bits per heavy atom. The lowest BCUT2D eigenvalue weighted by Gasteiger charge is -2.34. The fourth-order valence-electron chi connectivity index (χ4n) is 3.05. The fraction of sp³-hybridized carbons (Fsp3) is 0.533. The molecule has 0 spiro atoms. The van der Waals surface area contributed by atoms with Crippen molar-refractivity contribution in [3.63, 3.8) is 0 Å². The van der Waals surface area contributed by atoms with Gasteiger partial charge in [0.25, 0.3) is 0 Å². The number of nitrogens with zero attached hydrogens (tertiary/aromatic N) is 1. The third-order valence-electron chi connectivity index (χ3n) is 4.20. The van der Waals surface area contributed by atoms with Crippen molar-refractivity contribution in [2.45, 2.75) is 37.8 Å². The van der Waals surface area contributed by atoms with E-state index in [1.807, 2.05) is 18.2 Å². The Morgan fingerprint density at radius 3 is 2.68 bits per heavy atom. The number of anilines is 1. The van der Waals surface area contributed by atoms with Crippen molar-refractivity contribution in [1.82, 2.24) is 4.90 Å². The van der Waals surface area contributed by atoms with Crippen LogP contribution in [0.5, 0.6) is 0 Å². The van der Waals surface area contributed by atoms with Crippen LogP contribution in [0.3, 0.4) is 0 Å². The van der Waals surface area contributed by atoms with Crippen molar-refractivity contribution in [2.75, 3.05) is 18.4 Å². The third-order valence-corrected chi connectivity index (χ3v) is 4.20. The van der Waals surface area contributed by atoms with Crippen molar-refractivity contribution >= 4 is 11.6 Å². The minimum Gasteiger partial charge on any atom is -0.393 e. The number of aliphatic hydroxyl groups is 1. The molecule has 1 amide bonds. The molecule has 0 bridgehead atoms. The second-order valence-corrected chi connectivity index (χ2v) is 5.47. The summed E-state index contributed by atoms with van der Waals surface area (Å²) in [6.07, 6.45) is 3.15. The van der Waals surface area contributed by atoms with Gasteiger partial charge in [-0.15, -0.1) is 0 Å². The number of likely N-dealkylation sites (tertiary alicyclic amines) is 1. The highest BCUT2D eigenvalue weighted by molar-refractivity contribution is 5.96. The van der Waals surface area contributed by atoms with Crippen LogP contribution in [0.25, 0.3) is 0 Å². The average Bonchev–Trinajstić information content (AvgIpc) is 2.58. The van der Waals surface area contributed by atoms with E-state index >= 15 is 0 Å². The van der Waals surface area contributed by atoms with Gasteiger partial charge in [-0.3, -0.25) is 9.69 Å². The first-order valence-corrected chi connectivity index (χ1v) is 7.05. The number of amides is 1. The lowest BCUT2D eigenvalue weighted by Crippen LogP contribution is -2.48. The number of hydrogen-bond acceptors (Lipinski definition) is 3. The number of hydrogen-bond donors (Lipinski definition) is 2. The summed E-state index contributed by atoms with van der Waals surface area (Å²) in [6.45, 7) is 1.63. The van der Waals surface area contributed by atoms with Crippen molar-refractivity contribution in [2.24, 2.45) is 0 Å². The van der Waals surface area contributed by atoms with Gasteiger partial charge < -0.3 is 10.4 Å². The predicted octanol–water partition coefficient (Wildman–Crippen LogP) is 1.40. The van der Waals surface area contributed by atoms with Crippen molar-refractivity contribution < 1.29 is 9.90 Å². The van der Waals surface area contributed by atoms with Crippen molar-refractivity contribution in [3.05, 3.63) is 29.8 Å². The standard InChI is InChI=1S/C15H20N2O2/c18-12-7-9-17(10-8-12)14-6-5-11-3-1-2-4-13(11)16-15(14)19/h1-4,12,14,18H,5-10H2,(H,16,19)/t14-/m1/s1. The highest BCUT2D eigenvalue weighted by Gasteiger charge is 2.31. The largest absolute Gasteiger partial charge is 0.393 e. The number of aryl methyl sites for hydroxylation is 1. The zero-order chi connectivity index (χ0) is 13.2. The first-order chi connectivity index (χ1) is 9.24. The highest BCUT2D eigenvalue weighted by atomic mass is 16.3. The van der Waals surface area contributed by atoms with Gasteiger partial charge in [-0.1, -0.05) is 18.2 Å². The number of para-hydroxylation sites is 1. The molecule has 2 heterocycles. The number of rotatable bonds is 1. The van der Waals surface area contributed by atoms with E-state index in [2.05, 4.69) is 16.3 Å². The summed E-state index contributed by atoms with van der Waals surface area (Å²) in [4.78, 5) is 14.6. The summed E-state index contributed by atoms with van der Waals surface area (Å²) in [5.74, 6) is 0.0985. The molecule has 0 aromatic heterocycles. The van der Waals surface area contributed by atoms with E-state index in [4.69, 9.17) is 0 Å². The molecule has 0 radical (unpaired) electrons. The van der Waals surface area contributed by atoms with E-state index in [1.165, 1.54) is 5.56 Å². The van der Waals surface area contributed by atoms with E-state index in [0.29, 0.717) is 0 Å². The molecule has 4 heteroatoms. The first-order valence-electron chi connectivity index (χ1n) is 7.05. The minimum absolute atomic E-state index is 0.0556. The van der Waals surface area contributed by atoms with Crippen LogP contribution in [0, 0.1) is 0 Å².